The second-order valence-electron chi connectivity index (χ2n) is 5.12. The smallest absolute Gasteiger partial charge is 0.223 e. The van der Waals surface area contributed by atoms with Crippen molar-refractivity contribution in [3.63, 3.8) is 0 Å². The fourth-order valence-corrected chi connectivity index (χ4v) is 2.40. The van der Waals surface area contributed by atoms with Crippen molar-refractivity contribution in [1.82, 2.24) is 10.6 Å². The van der Waals surface area contributed by atoms with Crippen LogP contribution in [-0.4, -0.2) is 25.0 Å². The van der Waals surface area contributed by atoms with E-state index in [-0.39, 0.29) is 24.4 Å². The van der Waals surface area contributed by atoms with Gasteiger partial charge in [-0.15, -0.1) is 0 Å². The van der Waals surface area contributed by atoms with Crippen molar-refractivity contribution in [2.75, 3.05) is 7.05 Å². The number of nitrogens with one attached hydrogen (secondary N) is 2. The Kier molecular flexibility index (Phi) is 6.87. The molecule has 6 N–H and O–H groups in total. The number of nitrogens with two attached hydrogens (primary N) is 2. The molecule has 20 heavy (non-hydrogen) atoms. The fraction of sp³-hybridized carbons (Fsp3) is 0.533. The minimum Gasteiger partial charge on any atom is -0.391 e. The molecule has 0 aromatic rings. The summed E-state index contributed by atoms with van der Waals surface area (Å²) in [5.41, 5.74) is 13.0. The van der Waals surface area contributed by atoms with Crippen LogP contribution < -0.4 is 22.1 Å². The van der Waals surface area contributed by atoms with Crippen molar-refractivity contribution < 1.29 is 4.79 Å². The molecular formula is C15H26N4O. The molecule has 2 atom stereocenters. The van der Waals surface area contributed by atoms with Crippen molar-refractivity contribution in [1.29, 1.82) is 0 Å². The van der Waals surface area contributed by atoms with Gasteiger partial charge in [-0.1, -0.05) is 25.5 Å². The van der Waals surface area contributed by atoms with Crippen LogP contribution in [0.1, 0.15) is 32.1 Å². The average Bonchev–Trinajstić information content (AvgIpc) is 2.40. The summed E-state index contributed by atoms with van der Waals surface area (Å²) in [6, 6.07) is 0.428. The first-order chi connectivity index (χ1) is 9.56. The number of hydrogen-bond acceptors (Lipinski definition) is 4. The predicted octanol–water partition coefficient (Wildman–Crippen LogP) is 0.895. The molecule has 112 valence electrons. The lowest BCUT2D eigenvalue weighted by Gasteiger charge is -2.30. The first kappa shape index (κ1) is 16.3. The van der Waals surface area contributed by atoms with E-state index in [1.165, 1.54) is 12.8 Å². The summed E-state index contributed by atoms with van der Waals surface area (Å²) in [7, 11) is 1.77. The number of carbonyl (C=O) groups excluding carboxylic acids is 1. The molecule has 1 amide bonds. The minimum absolute atomic E-state index is 0.166. The van der Waals surface area contributed by atoms with Gasteiger partial charge in [-0.25, -0.2) is 0 Å². The molecule has 5 nitrogen and oxygen atoms in total. The molecular weight excluding hydrogens is 252 g/mol. The third-order valence-corrected chi connectivity index (χ3v) is 3.48. The first-order valence-electron chi connectivity index (χ1n) is 7.08. The first-order valence-corrected chi connectivity index (χ1v) is 7.08. The van der Waals surface area contributed by atoms with E-state index in [1.54, 1.807) is 13.1 Å². The summed E-state index contributed by atoms with van der Waals surface area (Å²) in [5.74, 6) is -0.363. The van der Waals surface area contributed by atoms with Crippen molar-refractivity contribution >= 4 is 5.91 Å². The molecule has 0 saturated heterocycles. The van der Waals surface area contributed by atoms with Crippen molar-refractivity contribution in [2.24, 2.45) is 11.5 Å². The zero-order valence-corrected chi connectivity index (χ0v) is 12.2. The Labute approximate surface area is 121 Å². The van der Waals surface area contributed by atoms with Gasteiger partial charge in [0, 0.05) is 30.5 Å². The van der Waals surface area contributed by atoms with Gasteiger partial charge in [0.2, 0.25) is 5.91 Å². The maximum absolute atomic E-state index is 11.0. The van der Waals surface area contributed by atoms with Crippen LogP contribution in [0.15, 0.2) is 36.2 Å². The molecule has 0 aromatic heterocycles. The van der Waals surface area contributed by atoms with Gasteiger partial charge in [0.05, 0.1) is 6.42 Å². The maximum Gasteiger partial charge on any atom is 0.223 e. The second kappa shape index (κ2) is 8.43. The number of allylic oxidation sites excluding steroid dienone is 3. The summed E-state index contributed by atoms with van der Waals surface area (Å²) in [6.45, 7) is 3.72. The zero-order chi connectivity index (χ0) is 15.0. The highest BCUT2D eigenvalue weighted by Gasteiger charge is 2.21. The standard InChI is InChI=1S/C15H26N4O/c1-3-6-11(9-12(18-2)10-15(17)20)19-14-8-5-4-7-13(14)16/h3,6,9,13-14,18-19H,1,4-5,7-8,10,16H2,2H3,(H2,17,20)/b11-6+,12-9+/t13-,14+/m0/s1. The number of carbonyl (C=O) groups is 1. The Hall–Kier alpha value is -1.75. The van der Waals surface area contributed by atoms with E-state index in [0.717, 1.165) is 24.2 Å². The van der Waals surface area contributed by atoms with Crippen LogP contribution in [-0.2, 0) is 4.79 Å². The van der Waals surface area contributed by atoms with Crippen LogP contribution in [0.5, 0.6) is 0 Å². The summed E-state index contributed by atoms with van der Waals surface area (Å²) < 4.78 is 0. The van der Waals surface area contributed by atoms with Crippen LogP contribution in [0, 0.1) is 0 Å². The lowest BCUT2D eigenvalue weighted by Crippen LogP contribution is -2.46. The van der Waals surface area contributed by atoms with E-state index in [4.69, 9.17) is 11.5 Å². The van der Waals surface area contributed by atoms with Gasteiger partial charge in [0.15, 0.2) is 0 Å². The van der Waals surface area contributed by atoms with E-state index in [0.29, 0.717) is 0 Å². The van der Waals surface area contributed by atoms with Gasteiger partial charge in [0.25, 0.3) is 0 Å². The fourth-order valence-electron chi connectivity index (χ4n) is 2.40. The van der Waals surface area contributed by atoms with Crippen LogP contribution in [0.4, 0.5) is 0 Å². The summed E-state index contributed by atoms with van der Waals surface area (Å²) in [4.78, 5) is 11.0. The van der Waals surface area contributed by atoms with Gasteiger partial charge >= 0.3 is 0 Å². The van der Waals surface area contributed by atoms with E-state index in [2.05, 4.69) is 17.2 Å². The summed E-state index contributed by atoms with van der Waals surface area (Å²) in [6.07, 6.45) is 10.1. The Bertz CT molecular complexity index is 401. The lowest BCUT2D eigenvalue weighted by molar-refractivity contribution is -0.117. The molecule has 0 radical (unpaired) electrons. The zero-order valence-electron chi connectivity index (χ0n) is 12.2. The largest absolute Gasteiger partial charge is 0.391 e. The van der Waals surface area contributed by atoms with Crippen LogP contribution >= 0.6 is 0 Å². The van der Waals surface area contributed by atoms with Gasteiger partial charge in [-0.3, -0.25) is 4.79 Å². The number of amides is 1. The predicted molar refractivity (Wildman–Crippen MR) is 82.6 cm³/mol. The van der Waals surface area contributed by atoms with E-state index in [1.807, 2.05) is 12.2 Å². The molecule has 0 aromatic carbocycles. The molecule has 1 fully saturated rings. The third kappa shape index (κ3) is 5.48. The van der Waals surface area contributed by atoms with Gasteiger partial charge in [-0.05, 0) is 25.0 Å². The SMILES string of the molecule is C=C/C=C(\C=C(/CC(N)=O)NC)N[C@@H]1CCCC[C@@H]1N. The lowest BCUT2D eigenvalue weighted by atomic mass is 9.91. The molecule has 0 aliphatic heterocycles. The topological polar surface area (TPSA) is 93.2 Å². The van der Waals surface area contributed by atoms with Crippen molar-refractivity contribution in [2.45, 2.75) is 44.2 Å². The Morgan fingerprint density at radius 1 is 1.40 bits per heavy atom. The molecule has 0 spiro atoms. The Morgan fingerprint density at radius 2 is 2.10 bits per heavy atom. The third-order valence-electron chi connectivity index (χ3n) is 3.48. The maximum atomic E-state index is 11.0. The average molecular weight is 278 g/mol. The van der Waals surface area contributed by atoms with Crippen molar-refractivity contribution in [3.8, 4) is 0 Å². The highest BCUT2D eigenvalue weighted by Crippen LogP contribution is 2.18. The van der Waals surface area contributed by atoms with Gasteiger partial charge in [0.1, 0.15) is 0 Å². The van der Waals surface area contributed by atoms with Crippen LogP contribution in [0.3, 0.4) is 0 Å². The highest BCUT2D eigenvalue weighted by molar-refractivity contribution is 5.76. The Balaban J connectivity index is 2.77. The quantitative estimate of drug-likeness (QED) is 0.520. The number of primary amides is 1. The number of rotatable bonds is 7. The summed E-state index contributed by atoms with van der Waals surface area (Å²) in [5, 5.41) is 6.43. The molecule has 1 rings (SSSR count). The minimum atomic E-state index is -0.363. The van der Waals surface area contributed by atoms with E-state index < -0.39 is 0 Å². The van der Waals surface area contributed by atoms with Gasteiger partial charge in [-0.2, -0.15) is 0 Å². The summed E-state index contributed by atoms with van der Waals surface area (Å²) >= 11 is 0. The Morgan fingerprint density at radius 3 is 2.65 bits per heavy atom. The molecule has 5 heteroatoms. The van der Waals surface area contributed by atoms with Gasteiger partial charge < -0.3 is 22.1 Å². The second-order valence-corrected chi connectivity index (χ2v) is 5.12. The molecule has 1 aliphatic carbocycles. The van der Waals surface area contributed by atoms with Crippen LogP contribution in [0.25, 0.3) is 0 Å². The monoisotopic (exact) mass is 278 g/mol. The molecule has 0 heterocycles. The molecule has 1 saturated carbocycles. The van der Waals surface area contributed by atoms with Crippen LogP contribution in [0.2, 0.25) is 0 Å². The molecule has 0 unspecified atom stereocenters. The van der Waals surface area contributed by atoms with E-state index in [9.17, 15) is 4.79 Å². The van der Waals surface area contributed by atoms with E-state index >= 15 is 0 Å². The molecule has 1 aliphatic rings. The van der Waals surface area contributed by atoms with Crippen molar-refractivity contribution in [3.05, 3.63) is 36.2 Å². The number of hydrogen-bond donors (Lipinski definition) is 4. The highest BCUT2D eigenvalue weighted by atomic mass is 16.1. The normalized spacial score (nSPS) is 24.1. The molecule has 0 bridgehead atoms.